The van der Waals surface area contributed by atoms with Crippen LogP contribution in [0.15, 0.2) is 24.5 Å². The Morgan fingerprint density at radius 2 is 1.18 bits per heavy atom. The van der Waals surface area contributed by atoms with E-state index in [9.17, 15) is 52.7 Å². The van der Waals surface area contributed by atoms with Gasteiger partial charge in [0.1, 0.15) is 0 Å². The zero-order chi connectivity index (χ0) is 18.1. The van der Waals surface area contributed by atoms with Crippen LogP contribution in [0.3, 0.4) is 0 Å². The zero-order valence-electron chi connectivity index (χ0n) is 9.56. The minimum absolute atomic E-state index is 1.70. The first-order valence-corrected chi connectivity index (χ1v) is 4.44. The summed E-state index contributed by atoms with van der Waals surface area (Å²) in [7, 11) is 0. The van der Waals surface area contributed by atoms with Gasteiger partial charge in [-0.15, -0.1) is 0 Å². The van der Waals surface area contributed by atoms with Gasteiger partial charge in [-0.2, -0.15) is 48.3 Å². The second-order valence-electron chi connectivity index (χ2n) is 3.27. The number of hydrogen-bond acceptors (Lipinski definition) is 2. The van der Waals surface area contributed by atoms with Gasteiger partial charge in [0.2, 0.25) is 0 Å². The molecule has 0 aromatic rings. The van der Waals surface area contributed by atoms with Crippen molar-refractivity contribution in [1.82, 2.24) is 0 Å². The lowest BCUT2D eigenvalue weighted by Gasteiger charge is -2.34. The van der Waals surface area contributed by atoms with Gasteiger partial charge in [-0.1, -0.05) is 6.58 Å². The van der Waals surface area contributed by atoms with Crippen LogP contribution in [0, 0.1) is 0 Å². The van der Waals surface area contributed by atoms with Crippen LogP contribution in [-0.4, -0.2) is 24.2 Å². The lowest BCUT2D eigenvalue weighted by atomic mass is 10.2. The Morgan fingerprint density at radius 1 is 0.773 bits per heavy atom. The molecule has 2 nitrogen and oxygen atoms in total. The highest BCUT2D eigenvalue weighted by Gasteiger charge is 2.79. The third-order valence-corrected chi connectivity index (χ3v) is 1.69. The van der Waals surface area contributed by atoms with E-state index in [1.54, 1.807) is 6.58 Å². The van der Waals surface area contributed by atoms with E-state index in [4.69, 9.17) is 0 Å². The first-order chi connectivity index (χ1) is 9.48. The van der Waals surface area contributed by atoms with E-state index in [2.05, 4.69) is 0 Å². The van der Waals surface area contributed by atoms with E-state index in [0.717, 1.165) is 0 Å². The van der Waals surface area contributed by atoms with Crippen LogP contribution in [0.1, 0.15) is 0 Å². The topological polar surface area (TPSA) is 18.5 Å². The Balaban J connectivity index is 5.93. The molecule has 0 heterocycles. The molecule has 0 saturated heterocycles. The molecule has 0 N–H and O–H groups in total. The summed E-state index contributed by atoms with van der Waals surface area (Å²) < 4.78 is 152. The number of alkyl halides is 8. The predicted octanol–water partition coefficient (Wildman–Crippen LogP) is 4.95. The quantitative estimate of drug-likeness (QED) is 0.494. The molecule has 0 radical (unpaired) electrons. The molecular weight excluding hydrogens is 356 g/mol. The zero-order valence-corrected chi connectivity index (χ0v) is 9.56. The molecule has 1 unspecified atom stereocenters. The van der Waals surface area contributed by atoms with Gasteiger partial charge in [0.15, 0.2) is 5.83 Å². The number of halogens is 12. The average molecular weight is 358 g/mol. The number of ether oxygens (including phenoxy) is 2. The van der Waals surface area contributed by atoms with Gasteiger partial charge in [0.05, 0.1) is 0 Å². The van der Waals surface area contributed by atoms with E-state index in [1.807, 2.05) is 9.47 Å². The van der Waals surface area contributed by atoms with Crippen molar-refractivity contribution in [3.05, 3.63) is 24.5 Å². The maximum Gasteiger partial charge on any atom is 0.471 e. The smallest absolute Gasteiger partial charge is 0.398 e. The molecule has 0 aromatic heterocycles. The van der Waals surface area contributed by atoms with Gasteiger partial charge in [-0.3, -0.25) is 4.74 Å². The van der Waals surface area contributed by atoms with Crippen molar-refractivity contribution in [2.45, 2.75) is 24.2 Å². The molecule has 0 aliphatic heterocycles. The van der Waals surface area contributed by atoms with E-state index >= 15 is 0 Å². The average Bonchev–Trinajstić information content (AvgIpc) is 2.25. The van der Waals surface area contributed by atoms with Crippen molar-refractivity contribution in [2.75, 3.05) is 0 Å². The summed E-state index contributed by atoms with van der Waals surface area (Å²) in [5.74, 6) is -10.0. The lowest BCUT2D eigenvalue weighted by molar-refractivity contribution is -0.493. The Kier molecular flexibility index (Phi) is 5.46. The number of rotatable bonds is 6. The fourth-order valence-corrected chi connectivity index (χ4v) is 0.731. The van der Waals surface area contributed by atoms with Gasteiger partial charge in [0, 0.05) is 0 Å². The third kappa shape index (κ3) is 3.98. The van der Waals surface area contributed by atoms with Crippen LogP contribution in [0.4, 0.5) is 52.7 Å². The summed E-state index contributed by atoms with van der Waals surface area (Å²) in [6, 6.07) is -3.71. The minimum Gasteiger partial charge on any atom is -0.398 e. The Labute approximate surface area is 112 Å². The van der Waals surface area contributed by atoms with Crippen LogP contribution >= 0.6 is 0 Å². The summed E-state index contributed by atoms with van der Waals surface area (Å²) >= 11 is 0. The first kappa shape index (κ1) is 20.4. The summed E-state index contributed by atoms with van der Waals surface area (Å²) in [4.78, 5) is 0. The molecule has 0 aromatic carbocycles. The van der Waals surface area contributed by atoms with Gasteiger partial charge in [-0.05, 0) is 0 Å². The predicted molar refractivity (Wildman–Crippen MR) is 42.6 cm³/mol. The highest BCUT2D eigenvalue weighted by atomic mass is 19.4. The van der Waals surface area contributed by atoms with Crippen LogP contribution < -0.4 is 0 Å². The molecule has 130 valence electrons. The highest BCUT2D eigenvalue weighted by Crippen LogP contribution is 2.51. The fourth-order valence-electron chi connectivity index (χ4n) is 0.731. The molecule has 0 amide bonds. The van der Waals surface area contributed by atoms with Crippen LogP contribution in [-0.2, 0) is 9.47 Å². The second-order valence-corrected chi connectivity index (χ2v) is 3.27. The molecule has 0 rings (SSSR count). The largest absolute Gasteiger partial charge is 0.471 e. The molecule has 0 aliphatic carbocycles. The molecule has 0 spiro atoms. The summed E-state index contributed by atoms with van der Waals surface area (Å²) in [6.07, 6.45) is -23.6. The minimum atomic E-state index is -7.08. The molecular formula is C8H2F12O2. The molecule has 0 bridgehead atoms. The van der Waals surface area contributed by atoms with Gasteiger partial charge in [-0.25, -0.2) is 4.39 Å². The summed E-state index contributed by atoms with van der Waals surface area (Å²) in [5, 5.41) is 0. The van der Waals surface area contributed by atoms with Crippen LogP contribution in [0.25, 0.3) is 0 Å². The van der Waals surface area contributed by atoms with E-state index < -0.39 is 42.2 Å². The SMILES string of the molecule is C=C(F)C(F)(F)OC(F)(C(F)(F)F)C(F)(F)OC(F)=C(F)F. The monoisotopic (exact) mass is 358 g/mol. The van der Waals surface area contributed by atoms with Gasteiger partial charge >= 0.3 is 36.3 Å². The highest BCUT2D eigenvalue weighted by molar-refractivity contribution is 4.97. The van der Waals surface area contributed by atoms with Crippen molar-refractivity contribution >= 4 is 0 Å². The van der Waals surface area contributed by atoms with Gasteiger partial charge in [0.25, 0.3) is 0 Å². The van der Waals surface area contributed by atoms with Crippen molar-refractivity contribution in [1.29, 1.82) is 0 Å². The normalized spacial score (nSPS) is 16.0. The van der Waals surface area contributed by atoms with Crippen LogP contribution in [0.5, 0.6) is 0 Å². The molecule has 0 saturated carbocycles. The molecule has 1 atom stereocenters. The summed E-state index contributed by atoms with van der Waals surface area (Å²) in [5.41, 5.74) is 0. The fraction of sp³-hybridized carbons (Fsp3) is 0.500. The van der Waals surface area contributed by atoms with Crippen molar-refractivity contribution in [3.63, 3.8) is 0 Å². The Bertz CT molecular complexity index is 462. The first-order valence-electron chi connectivity index (χ1n) is 4.44. The molecule has 14 heteroatoms. The maximum absolute atomic E-state index is 13.2. The van der Waals surface area contributed by atoms with Gasteiger partial charge < -0.3 is 4.74 Å². The van der Waals surface area contributed by atoms with E-state index in [-0.39, 0.29) is 0 Å². The molecule has 0 fully saturated rings. The Morgan fingerprint density at radius 3 is 1.45 bits per heavy atom. The molecule has 0 aliphatic rings. The van der Waals surface area contributed by atoms with E-state index in [1.165, 1.54) is 0 Å². The Hall–Kier alpha value is -1.60. The second kappa shape index (κ2) is 5.89. The number of hydrogen-bond donors (Lipinski definition) is 0. The van der Waals surface area contributed by atoms with E-state index in [0.29, 0.717) is 0 Å². The van der Waals surface area contributed by atoms with Crippen molar-refractivity contribution in [3.8, 4) is 0 Å². The van der Waals surface area contributed by atoms with Crippen LogP contribution in [0.2, 0.25) is 0 Å². The summed E-state index contributed by atoms with van der Waals surface area (Å²) in [6.45, 7) is 1.70. The maximum atomic E-state index is 13.2. The molecule has 22 heavy (non-hydrogen) atoms. The lowest BCUT2D eigenvalue weighted by Crippen LogP contribution is -2.60. The standard InChI is InChI=1S/C8H2F12O2/c1-2(9)5(13,14)22-6(15,7(16,17)18)8(19,20)21-4(12)3(10)11/h1H2. The van der Waals surface area contributed by atoms with Crippen molar-refractivity contribution in [2.24, 2.45) is 0 Å². The third-order valence-electron chi connectivity index (χ3n) is 1.69. The van der Waals surface area contributed by atoms with Crippen molar-refractivity contribution < 1.29 is 62.2 Å².